The van der Waals surface area contributed by atoms with Gasteiger partial charge < -0.3 is 14.2 Å². The van der Waals surface area contributed by atoms with E-state index in [4.69, 9.17) is 14.2 Å². The van der Waals surface area contributed by atoms with Gasteiger partial charge in [-0.15, -0.1) is 0 Å². The molecule has 3 aliphatic rings. The van der Waals surface area contributed by atoms with E-state index in [0.717, 1.165) is 12.8 Å². The summed E-state index contributed by atoms with van der Waals surface area (Å²) in [7, 11) is 0. The summed E-state index contributed by atoms with van der Waals surface area (Å²) in [5, 5.41) is 0. The van der Waals surface area contributed by atoms with Crippen LogP contribution >= 0.6 is 0 Å². The van der Waals surface area contributed by atoms with Crippen molar-refractivity contribution in [2.45, 2.75) is 37.9 Å². The molecule has 0 aliphatic carbocycles. The number of hydrogen-bond donors (Lipinski definition) is 0. The van der Waals surface area contributed by atoms with Gasteiger partial charge in [0.05, 0.1) is 30.7 Å². The number of rotatable bonds is 6. The van der Waals surface area contributed by atoms with Crippen molar-refractivity contribution in [3.8, 4) is 0 Å². The number of benzene rings is 1. The Hall–Kier alpha value is -2.21. The van der Waals surface area contributed by atoms with Gasteiger partial charge in [-0.3, -0.25) is 14.4 Å². The maximum Gasteiger partial charge on any atom is 0.320 e. The van der Waals surface area contributed by atoms with E-state index in [-0.39, 0.29) is 30.7 Å². The number of aryl methyl sites for hydroxylation is 1. The second-order valence-electron chi connectivity index (χ2n) is 6.95. The molecule has 2 bridgehead atoms. The zero-order chi connectivity index (χ0) is 17.4. The number of esters is 3. The molecule has 3 heterocycles. The quantitative estimate of drug-likeness (QED) is 0.577. The van der Waals surface area contributed by atoms with Crippen LogP contribution in [0, 0.1) is 17.8 Å². The molecule has 132 valence electrons. The minimum absolute atomic E-state index is 0.0391. The first-order valence-corrected chi connectivity index (χ1v) is 8.74. The van der Waals surface area contributed by atoms with E-state index < -0.39 is 23.8 Å². The van der Waals surface area contributed by atoms with Crippen LogP contribution in [0.3, 0.4) is 0 Å². The first kappa shape index (κ1) is 16.3. The van der Waals surface area contributed by atoms with Gasteiger partial charge in [-0.1, -0.05) is 30.3 Å². The van der Waals surface area contributed by atoms with Crippen molar-refractivity contribution < 1.29 is 28.6 Å². The summed E-state index contributed by atoms with van der Waals surface area (Å²) in [6.07, 6.45) is 1.92. The molecule has 1 aromatic carbocycles. The van der Waals surface area contributed by atoms with Gasteiger partial charge in [-0.25, -0.2) is 0 Å². The number of carbonyl (C=O) groups is 3. The molecule has 0 N–H and O–H groups in total. The third-order valence-electron chi connectivity index (χ3n) is 5.37. The Morgan fingerprint density at radius 1 is 1.12 bits per heavy atom. The first-order chi connectivity index (χ1) is 12.1. The molecule has 0 spiro atoms. The summed E-state index contributed by atoms with van der Waals surface area (Å²) in [4.78, 5) is 35.4. The highest BCUT2D eigenvalue weighted by Gasteiger charge is 2.64. The van der Waals surface area contributed by atoms with Crippen molar-refractivity contribution in [2.75, 3.05) is 6.61 Å². The van der Waals surface area contributed by atoms with Crippen molar-refractivity contribution in [1.29, 1.82) is 0 Å². The van der Waals surface area contributed by atoms with Crippen LogP contribution in [-0.4, -0.2) is 36.7 Å². The fraction of sp³-hybridized carbons (Fsp3) is 0.526. The van der Waals surface area contributed by atoms with Crippen molar-refractivity contribution in [2.24, 2.45) is 17.8 Å². The fourth-order valence-electron chi connectivity index (χ4n) is 4.18. The van der Waals surface area contributed by atoms with Gasteiger partial charge in [-0.05, 0) is 24.8 Å². The Morgan fingerprint density at radius 2 is 1.88 bits per heavy atom. The predicted molar refractivity (Wildman–Crippen MR) is 85.2 cm³/mol. The lowest BCUT2D eigenvalue weighted by Crippen LogP contribution is -2.37. The summed E-state index contributed by atoms with van der Waals surface area (Å²) < 4.78 is 15.8. The lowest BCUT2D eigenvalue weighted by atomic mass is 9.75. The van der Waals surface area contributed by atoms with Gasteiger partial charge in [-0.2, -0.15) is 0 Å². The highest BCUT2D eigenvalue weighted by Crippen LogP contribution is 2.50. The minimum atomic E-state index is -0.520. The smallest absolute Gasteiger partial charge is 0.320 e. The largest absolute Gasteiger partial charge is 0.465 e. The van der Waals surface area contributed by atoms with Crippen LogP contribution in [0.15, 0.2) is 30.3 Å². The predicted octanol–water partition coefficient (Wildman–Crippen LogP) is 1.66. The van der Waals surface area contributed by atoms with E-state index in [1.54, 1.807) is 0 Å². The van der Waals surface area contributed by atoms with Gasteiger partial charge in [0.2, 0.25) is 0 Å². The normalized spacial score (nSPS) is 32.6. The Labute approximate surface area is 145 Å². The standard InChI is InChI=1S/C19H20O6/c20-14(8-4-7-11-5-2-1-3-6-11)23-10-12-9-13-15-16(17(12)24-13)19(22)25-18(15)21/h1-3,5-6,12-13,15-17H,4,7-10H2/t12-,13+,15+,16+,17-/m1/s1. The molecule has 25 heavy (non-hydrogen) atoms. The number of carbonyl (C=O) groups excluding carboxylic acids is 3. The van der Waals surface area contributed by atoms with Gasteiger partial charge in [0.15, 0.2) is 0 Å². The summed E-state index contributed by atoms with van der Waals surface area (Å²) in [6.45, 7) is 0.232. The Kier molecular flexibility index (Phi) is 4.29. The van der Waals surface area contributed by atoms with E-state index >= 15 is 0 Å². The van der Waals surface area contributed by atoms with Gasteiger partial charge >= 0.3 is 17.9 Å². The van der Waals surface area contributed by atoms with Crippen molar-refractivity contribution in [3.63, 3.8) is 0 Å². The van der Waals surface area contributed by atoms with E-state index in [0.29, 0.717) is 12.8 Å². The van der Waals surface area contributed by atoms with Crippen LogP contribution in [0.2, 0.25) is 0 Å². The SMILES string of the molecule is O=C(CCCc1ccccc1)OC[C@H]1C[C@@H]2O[C@H]1[C@H]1C(=O)OC(=O)[C@H]12. The zero-order valence-electron chi connectivity index (χ0n) is 13.8. The number of ether oxygens (including phenoxy) is 3. The lowest BCUT2D eigenvalue weighted by molar-refractivity contribution is -0.156. The van der Waals surface area contributed by atoms with E-state index in [2.05, 4.69) is 0 Å². The van der Waals surface area contributed by atoms with Crippen LogP contribution in [0.4, 0.5) is 0 Å². The summed E-state index contributed by atoms with van der Waals surface area (Å²) >= 11 is 0. The molecule has 0 amide bonds. The third kappa shape index (κ3) is 3.06. The maximum atomic E-state index is 11.9. The van der Waals surface area contributed by atoms with Crippen LogP contribution in [-0.2, 0) is 35.0 Å². The first-order valence-electron chi connectivity index (χ1n) is 8.74. The number of cyclic esters (lactones) is 2. The van der Waals surface area contributed by atoms with Crippen molar-refractivity contribution in [1.82, 2.24) is 0 Å². The molecule has 0 radical (unpaired) electrons. The molecule has 5 atom stereocenters. The molecule has 6 heteroatoms. The van der Waals surface area contributed by atoms with E-state index in [1.807, 2.05) is 30.3 Å². The zero-order valence-corrected chi connectivity index (χ0v) is 13.8. The molecule has 4 rings (SSSR count). The molecular weight excluding hydrogens is 324 g/mol. The molecule has 1 aromatic rings. The lowest BCUT2D eigenvalue weighted by Gasteiger charge is -2.23. The van der Waals surface area contributed by atoms with Crippen molar-refractivity contribution >= 4 is 17.9 Å². The van der Waals surface area contributed by atoms with E-state index in [1.165, 1.54) is 5.56 Å². The molecule has 3 saturated heterocycles. The topological polar surface area (TPSA) is 78.9 Å². The Bertz CT molecular complexity index is 684. The van der Waals surface area contributed by atoms with Gasteiger partial charge in [0.25, 0.3) is 0 Å². The van der Waals surface area contributed by atoms with Crippen LogP contribution in [0.5, 0.6) is 0 Å². The summed E-state index contributed by atoms with van der Waals surface area (Å²) in [5.74, 6) is -2.23. The second-order valence-corrected chi connectivity index (χ2v) is 6.95. The second kappa shape index (κ2) is 6.59. The molecule has 0 unspecified atom stereocenters. The molecule has 3 aliphatic heterocycles. The van der Waals surface area contributed by atoms with Crippen LogP contribution < -0.4 is 0 Å². The monoisotopic (exact) mass is 344 g/mol. The number of hydrogen-bond acceptors (Lipinski definition) is 6. The van der Waals surface area contributed by atoms with Gasteiger partial charge in [0.1, 0.15) is 0 Å². The summed E-state index contributed by atoms with van der Waals surface area (Å²) in [5.41, 5.74) is 1.20. The Morgan fingerprint density at radius 3 is 2.68 bits per heavy atom. The average molecular weight is 344 g/mol. The van der Waals surface area contributed by atoms with Crippen LogP contribution in [0.1, 0.15) is 24.8 Å². The summed E-state index contributed by atoms with van der Waals surface area (Å²) in [6, 6.07) is 10.0. The molecule has 6 nitrogen and oxygen atoms in total. The van der Waals surface area contributed by atoms with Crippen LogP contribution in [0.25, 0.3) is 0 Å². The Balaban J connectivity index is 1.22. The molecule has 3 fully saturated rings. The highest BCUT2D eigenvalue weighted by molar-refractivity contribution is 5.98. The average Bonchev–Trinajstić information content (AvgIpc) is 3.26. The minimum Gasteiger partial charge on any atom is -0.465 e. The fourth-order valence-corrected chi connectivity index (χ4v) is 4.18. The molecular formula is C19H20O6. The maximum absolute atomic E-state index is 11.9. The third-order valence-corrected chi connectivity index (χ3v) is 5.37. The molecule has 0 aromatic heterocycles. The number of fused-ring (bicyclic) bond motifs is 5. The van der Waals surface area contributed by atoms with E-state index in [9.17, 15) is 14.4 Å². The highest BCUT2D eigenvalue weighted by atomic mass is 16.6. The van der Waals surface area contributed by atoms with Gasteiger partial charge in [0, 0.05) is 12.3 Å². The van der Waals surface area contributed by atoms with Crippen molar-refractivity contribution in [3.05, 3.63) is 35.9 Å². The molecule has 0 saturated carbocycles.